The monoisotopic (exact) mass is 356 g/mol. The second kappa shape index (κ2) is 5.82. The first-order valence-electron chi connectivity index (χ1n) is 8.52. The van der Waals surface area contributed by atoms with E-state index in [2.05, 4.69) is 10.1 Å². The van der Waals surface area contributed by atoms with Crippen LogP contribution in [0.1, 0.15) is 42.5 Å². The van der Waals surface area contributed by atoms with Gasteiger partial charge in [-0.1, -0.05) is 6.07 Å². The molecule has 1 amide bonds. The number of rotatable bonds is 1. The van der Waals surface area contributed by atoms with Gasteiger partial charge in [-0.05, 0) is 32.9 Å². The number of ether oxygens (including phenoxy) is 2. The van der Waals surface area contributed by atoms with Gasteiger partial charge in [0.15, 0.2) is 5.82 Å². The summed E-state index contributed by atoms with van der Waals surface area (Å²) in [6, 6.07) is 5.44. The molecule has 1 aromatic heterocycles. The predicted octanol–water partition coefficient (Wildman–Crippen LogP) is 2.37. The fourth-order valence-electron chi connectivity index (χ4n) is 3.01. The molecule has 0 N–H and O–H groups in total. The van der Waals surface area contributed by atoms with Crippen LogP contribution in [0.15, 0.2) is 18.2 Å². The third-order valence-electron chi connectivity index (χ3n) is 4.26. The first-order valence-corrected chi connectivity index (χ1v) is 8.52. The largest absolute Gasteiger partial charge is 0.457 e. The molecular weight excluding hydrogens is 336 g/mol. The van der Waals surface area contributed by atoms with E-state index in [-0.39, 0.29) is 18.7 Å². The maximum Gasteiger partial charge on any atom is 0.410 e. The number of nitrogens with zero attached hydrogens (tertiary/aromatic N) is 4. The molecule has 0 bridgehead atoms. The second-order valence-electron chi connectivity index (χ2n) is 7.42. The van der Waals surface area contributed by atoms with E-state index in [0.29, 0.717) is 36.8 Å². The Hall–Kier alpha value is -2.90. The van der Waals surface area contributed by atoms with E-state index >= 15 is 0 Å². The molecule has 0 spiro atoms. The third kappa shape index (κ3) is 3.02. The van der Waals surface area contributed by atoms with Crippen molar-refractivity contribution in [3.63, 3.8) is 0 Å². The van der Waals surface area contributed by atoms with Crippen molar-refractivity contribution in [2.24, 2.45) is 0 Å². The molecule has 3 heterocycles. The number of aromatic nitrogens is 3. The van der Waals surface area contributed by atoms with E-state index in [4.69, 9.17) is 9.47 Å². The molecule has 2 aliphatic heterocycles. The number of esters is 1. The summed E-state index contributed by atoms with van der Waals surface area (Å²) in [6.07, 6.45) is -0.346. The van der Waals surface area contributed by atoms with Crippen LogP contribution in [0, 0.1) is 0 Å². The Morgan fingerprint density at radius 1 is 1.27 bits per heavy atom. The van der Waals surface area contributed by atoms with Gasteiger partial charge < -0.3 is 9.47 Å². The Balaban J connectivity index is 1.55. The number of fused-ring (bicyclic) bond motifs is 2. The van der Waals surface area contributed by atoms with Crippen molar-refractivity contribution in [2.45, 2.75) is 46.1 Å². The lowest BCUT2D eigenvalue weighted by Crippen LogP contribution is -2.41. The van der Waals surface area contributed by atoms with Gasteiger partial charge in [0, 0.05) is 17.7 Å². The van der Waals surface area contributed by atoms with Gasteiger partial charge >= 0.3 is 12.1 Å². The Labute approximate surface area is 150 Å². The summed E-state index contributed by atoms with van der Waals surface area (Å²) < 4.78 is 12.3. The summed E-state index contributed by atoms with van der Waals surface area (Å²) in [4.78, 5) is 30.0. The van der Waals surface area contributed by atoms with E-state index in [1.54, 1.807) is 11.0 Å². The molecule has 0 aliphatic carbocycles. The molecule has 2 aliphatic rings. The first-order chi connectivity index (χ1) is 12.3. The molecule has 26 heavy (non-hydrogen) atoms. The van der Waals surface area contributed by atoms with Gasteiger partial charge in [-0.15, -0.1) is 0 Å². The highest BCUT2D eigenvalue weighted by Crippen LogP contribution is 2.26. The average molecular weight is 356 g/mol. The van der Waals surface area contributed by atoms with E-state index in [9.17, 15) is 9.59 Å². The number of hydrogen-bond acceptors (Lipinski definition) is 6. The number of benzene rings is 1. The van der Waals surface area contributed by atoms with Crippen LogP contribution in [0.2, 0.25) is 0 Å². The van der Waals surface area contributed by atoms with Crippen molar-refractivity contribution < 1.29 is 19.1 Å². The maximum absolute atomic E-state index is 12.3. The lowest BCUT2D eigenvalue weighted by molar-refractivity contribution is 0.0190. The summed E-state index contributed by atoms with van der Waals surface area (Å²) in [5, 5.41) is 4.53. The van der Waals surface area contributed by atoms with Gasteiger partial charge in [-0.3, -0.25) is 4.90 Å². The molecular formula is C18H20N4O4. The summed E-state index contributed by atoms with van der Waals surface area (Å²) in [7, 11) is 0. The molecule has 136 valence electrons. The van der Waals surface area contributed by atoms with E-state index < -0.39 is 5.60 Å². The van der Waals surface area contributed by atoms with Crippen molar-refractivity contribution >= 4 is 12.1 Å². The number of amides is 1. The average Bonchev–Trinajstić information content (AvgIpc) is 3.16. The van der Waals surface area contributed by atoms with Gasteiger partial charge in [0.2, 0.25) is 0 Å². The summed E-state index contributed by atoms with van der Waals surface area (Å²) in [5.41, 5.74) is 1.73. The van der Waals surface area contributed by atoms with Crippen molar-refractivity contribution in [2.75, 3.05) is 6.54 Å². The standard InChI is InChI=1S/C18H20N4O4/c1-18(2,3)26-17(24)21-6-7-22-14(9-21)19-15(20-22)11-4-5-13-12(8-11)10-25-16(13)23/h4-5,8H,6-7,9-10H2,1-3H3. The Morgan fingerprint density at radius 3 is 2.85 bits per heavy atom. The minimum atomic E-state index is -0.530. The molecule has 0 unspecified atom stereocenters. The molecule has 8 nitrogen and oxygen atoms in total. The zero-order chi connectivity index (χ0) is 18.5. The van der Waals surface area contributed by atoms with Crippen LogP contribution in [0.3, 0.4) is 0 Å². The molecule has 0 saturated carbocycles. The van der Waals surface area contributed by atoms with Crippen LogP contribution in [-0.2, 0) is 29.2 Å². The summed E-state index contributed by atoms with van der Waals surface area (Å²) in [5.74, 6) is 0.995. The Kier molecular flexibility index (Phi) is 3.71. The smallest absolute Gasteiger partial charge is 0.410 e. The highest BCUT2D eigenvalue weighted by Gasteiger charge is 2.28. The van der Waals surface area contributed by atoms with Crippen LogP contribution in [0.5, 0.6) is 0 Å². The lowest BCUT2D eigenvalue weighted by atomic mass is 10.1. The van der Waals surface area contributed by atoms with Crippen LogP contribution in [0.25, 0.3) is 11.4 Å². The maximum atomic E-state index is 12.3. The zero-order valence-electron chi connectivity index (χ0n) is 15.0. The molecule has 0 saturated heterocycles. The molecule has 2 aromatic rings. The number of carbonyl (C=O) groups is 2. The van der Waals surface area contributed by atoms with Gasteiger partial charge in [-0.2, -0.15) is 5.10 Å². The van der Waals surface area contributed by atoms with Gasteiger partial charge in [0.25, 0.3) is 0 Å². The predicted molar refractivity (Wildman–Crippen MR) is 91.2 cm³/mol. The number of hydrogen-bond donors (Lipinski definition) is 0. The Morgan fingerprint density at radius 2 is 2.08 bits per heavy atom. The third-order valence-corrected chi connectivity index (χ3v) is 4.26. The topological polar surface area (TPSA) is 86.5 Å². The van der Waals surface area contributed by atoms with Gasteiger partial charge in [-0.25, -0.2) is 19.3 Å². The van der Waals surface area contributed by atoms with Crippen molar-refractivity contribution in [3.05, 3.63) is 35.2 Å². The second-order valence-corrected chi connectivity index (χ2v) is 7.42. The molecule has 0 fully saturated rings. The van der Waals surface area contributed by atoms with Crippen molar-refractivity contribution in [3.8, 4) is 11.4 Å². The molecule has 8 heteroatoms. The quantitative estimate of drug-likeness (QED) is 0.729. The van der Waals surface area contributed by atoms with Crippen molar-refractivity contribution in [1.29, 1.82) is 0 Å². The fourth-order valence-corrected chi connectivity index (χ4v) is 3.01. The van der Waals surface area contributed by atoms with E-state index in [0.717, 1.165) is 11.1 Å². The normalized spacial score (nSPS) is 16.1. The highest BCUT2D eigenvalue weighted by molar-refractivity contribution is 5.94. The van der Waals surface area contributed by atoms with Crippen LogP contribution in [0.4, 0.5) is 4.79 Å². The summed E-state index contributed by atoms with van der Waals surface area (Å²) >= 11 is 0. The number of cyclic esters (lactones) is 1. The zero-order valence-corrected chi connectivity index (χ0v) is 15.0. The van der Waals surface area contributed by atoms with Crippen LogP contribution >= 0.6 is 0 Å². The van der Waals surface area contributed by atoms with Crippen LogP contribution in [-0.4, -0.2) is 43.9 Å². The number of carbonyl (C=O) groups excluding carboxylic acids is 2. The van der Waals surface area contributed by atoms with Crippen LogP contribution < -0.4 is 0 Å². The van der Waals surface area contributed by atoms with E-state index in [1.807, 2.05) is 37.6 Å². The summed E-state index contributed by atoms with van der Waals surface area (Å²) in [6.45, 7) is 7.26. The molecule has 4 rings (SSSR count). The highest BCUT2D eigenvalue weighted by atomic mass is 16.6. The lowest BCUT2D eigenvalue weighted by Gasteiger charge is -2.29. The minimum Gasteiger partial charge on any atom is -0.457 e. The first kappa shape index (κ1) is 16.6. The SMILES string of the molecule is CC(C)(C)OC(=O)N1CCn2nc(-c3ccc4c(c3)COC4=O)nc2C1. The van der Waals surface area contributed by atoms with Gasteiger partial charge in [0.1, 0.15) is 18.0 Å². The molecule has 1 aromatic carbocycles. The minimum absolute atomic E-state index is 0.280. The van der Waals surface area contributed by atoms with Gasteiger partial charge in [0.05, 0.1) is 18.7 Å². The molecule has 0 radical (unpaired) electrons. The fraction of sp³-hybridized carbons (Fsp3) is 0.444. The molecule has 0 atom stereocenters. The Bertz CT molecular complexity index is 897. The van der Waals surface area contributed by atoms with E-state index in [1.165, 1.54) is 0 Å². The van der Waals surface area contributed by atoms with Crippen molar-refractivity contribution in [1.82, 2.24) is 19.7 Å².